The molecule has 0 amide bonds. The molecule has 1 heterocycles. The minimum Gasteiger partial charge on any atom is -0.381 e. The minimum atomic E-state index is -3.19. The van der Waals surface area contributed by atoms with Crippen LogP contribution in [0.5, 0.6) is 0 Å². The lowest BCUT2D eigenvalue weighted by Crippen LogP contribution is -2.49. The van der Waals surface area contributed by atoms with Crippen LogP contribution in [-0.4, -0.2) is 49.8 Å². The quantitative estimate of drug-likeness (QED) is 0.835. The summed E-state index contributed by atoms with van der Waals surface area (Å²) in [6, 6.07) is 0.406. The second-order valence-electron chi connectivity index (χ2n) is 6.04. The van der Waals surface area contributed by atoms with E-state index in [0.29, 0.717) is 32.6 Å². The Morgan fingerprint density at radius 3 is 2.25 bits per heavy atom. The SMILES string of the molecule is CCCN(C1CCC(N)CC1)S(=O)(=O)C1CCOCC1. The van der Waals surface area contributed by atoms with E-state index in [0.717, 1.165) is 32.1 Å². The molecule has 1 aliphatic heterocycles. The van der Waals surface area contributed by atoms with E-state index in [1.54, 1.807) is 4.31 Å². The summed E-state index contributed by atoms with van der Waals surface area (Å²) in [4.78, 5) is 0. The zero-order valence-electron chi connectivity index (χ0n) is 12.5. The summed E-state index contributed by atoms with van der Waals surface area (Å²) in [6.45, 7) is 3.82. The van der Waals surface area contributed by atoms with Gasteiger partial charge >= 0.3 is 0 Å². The van der Waals surface area contributed by atoms with Gasteiger partial charge in [0.2, 0.25) is 10.0 Å². The molecule has 2 fully saturated rings. The molecule has 0 radical (unpaired) electrons. The monoisotopic (exact) mass is 304 g/mol. The zero-order valence-corrected chi connectivity index (χ0v) is 13.3. The van der Waals surface area contributed by atoms with Gasteiger partial charge in [-0.1, -0.05) is 6.92 Å². The van der Waals surface area contributed by atoms with Crippen LogP contribution in [0.25, 0.3) is 0 Å². The molecule has 1 aliphatic carbocycles. The number of nitrogens with two attached hydrogens (primary N) is 1. The normalized spacial score (nSPS) is 29.8. The highest BCUT2D eigenvalue weighted by Crippen LogP contribution is 2.28. The van der Waals surface area contributed by atoms with E-state index in [1.807, 2.05) is 6.92 Å². The first kappa shape index (κ1) is 16.2. The second-order valence-corrected chi connectivity index (χ2v) is 8.20. The largest absolute Gasteiger partial charge is 0.381 e. The first-order valence-electron chi connectivity index (χ1n) is 7.89. The van der Waals surface area contributed by atoms with Gasteiger partial charge in [-0.15, -0.1) is 0 Å². The van der Waals surface area contributed by atoms with Crippen LogP contribution in [0.4, 0.5) is 0 Å². The average Bonchev–Trinajstić information content (AvgIpc) is 2.47. The molecule has 118 valence electrons. The second kappa shape index (κ2) is 7.20. The predicted octanol–water partition coefficient (Wildman–Crippen LogP) is 1.48. The van der Waals surface area contributed by atoms with Crippen molar-refractivity contribution in [1.82, 2.24) is 4.31 Å². The summed E-state index contributed by atoms with van der Waals surface area (Å²) >= 11 is 0. The summed E-state index contributed by atoms with van der Waals surface area (Å²) in [6.07, 6.45) is 5.82. The van der Waals surface area contributed by atoms with Gasteiger partial charge in [-0.05, 0) is 44.9 Å². The maximum absolute atomic E-state index is 12.9. The molecular weight excluding hydrogens is 276 g/mol. The molecule has 20 heavy (non-hydrogen) atoms. The fourth-order valence-electron chi connectivity index (χ4n) is 3.29. The van der Waals surface area contributed by atoms with Crippen molar-refractivity contribution in [3.8, 4) is 0 Å². The van der Waals surface area contributed by atoms with Crippen LogP contribution in [0, 0.1) is 0 Å². The third kappa shape index (κ3) is 3.72. The Hall–Kier alpha value is -0.170. The maximum atomic E-state index is 12.9. The van der Waals surface area contributed by atoms with Gasteiger partial charge in [-0.25, -0.2) is 8.42 Å². The van der Waals surface area contributed by atoms with E-state index >= 15 is 0 Å². The maximum Gasteiger partial charge on any atom is 0.217 e. The van der Waals surface area contributed by atoms with E-state index in [4.69, 9.17) is 10.5 Å². The van der Waals surface area contributed by atoms with E-state index < -0.39 is 10.0 Å². The van der Waals surface area contributed by atoms with Crippen LogP contribution < -0.4 is 5.73 Å². The van der Waals surface area contributed by atoms with Crippen molar-refractivity contribution in [3.63, 3.8) is 0 Å². The Morgan fingerprint density at radius 2 is 1.70 bits per heavy atom. The number of nitrogens with zero attached hydrogens (tertiary/aromatic N) is 1. The first-order valence-corrected chi connectivity index (χ1v) is 9.40. The van der Waals surface area contributed by atoms with Crippen LogP contribution in [0.1, 0.15) is 51.9 Å². The van der Waals surface area contributed by atoms with Crippen molar-refractivity contribution in [2.75, 3.05) is 19.8 Å². The molecular formula is C14H28N2O3S. The first-order chi connectivity index (χ1) is 9.55. The molecule has 0 aromatic rings. The number of hydrogen-bond acceptors (Lipinski definition) is 4. The summed E-state index contributed by atoms with van der Waals surface area (Å²) < 4.78 is 32.9. The lowest BCUT2D eigenvalue weighted by Gasteiger charge is -2.38. The highest BCUT2D eigenvalue weighted by molar-refractivity contribution is 7.89. The van der Waals surface area contributed by atoms with E-state index in [-0.39, 0.29) is 17.3 Å². The van der Waals surface area contributed by atoms with E-state index in [1.165, 1.54) is 0 Å². The Labute approximate surface area is 122 Å². The Bertz CT molecular complexity index is 385. The highest BCUT2D eigenvalue weighted by Gasteiger charge is 2.37. The molecule has 0 spiro atoms. The molecule has 0 unspecified atom stereocenters. The molecule has 1 saturated carbocycles. The van der Waals surface area contributed by atoms with Gasteiger partial charge < -0.3 is 10.5 Å². The van der Waals surface area contributed by atoms with Crippen LogP contribution in [0.3, 0.4) is 0 Å². The van der Waals surface area contributed by atoms with Crippen molar-refractivity contribution in [2.45, 2.75) is 69.2 Å². The standard InChI is InChI=1S/C14H28N2O3S/c1-2-9-16(13-5-3-12(15)4-6-13)20(17,18)14-7-10-19-11-8-14/h12-14H,2-11,15H2,1H3. The summed E-state index contributed by atoms with van der Waals surface area (Å²) in [5.74, 6) is 0. The summed E-state index contributed by atoms with van der Waals surface area (Å²) in [5.41, 5.74) is 5.94. The molecule has 0 aromatic heterocycles. The van der Waals surface area contributed by atoms with Crippen molar-refractivity contribution >= 4 is 10.0 Å². The smallest absolute Gasteiger partial charge is 0.217 e. The third-order valence-electron chi connectivity index (χ3n) is 4.51. The van der Waals surface area contributed by atoms with Gasteiger partial charge in [0.05, 0.1) is 5.25 Å². The van der Waals surface area contributed by atoms with Crippen molar-refractivity contribution in [1.29, 1.82) is 0 Å². The molecule has 0 bridgehead atoms. The Morgan fingerprint density at radius 1 is 1.10 bits per heavy atom. The number of sulfonamides is 1. The summed E-state index contributed by atoms with van der Waals surface area (Å²) in [7, 11) is -3.19. The predicted molar refractivity (Wildman–Crippen MR) is 80.0 cm³/mol. The van der Waals surface area contributed by atoms with Gasteiger partial charge in [0.1, 0.15) is 0 Å². The number of ether oxygens (including phenoxy) is 1. The molecule has 0 atom stereocenters. The molecule has 6 heteroatoms. The van der Waals surface area contributed by atoms with Crippen LogP contribution in [-0.2, 0) is 14.8 Å². The topological polar surface area (TPSA) is 72.6 Å². The fourth-order valence-corrected chi connectivity index (χ4v) is 5.53. The minimum absolute atomic E-state index is 0.155. The van der Waals surface area contributed by atoms with Crippen molar-refractivity contribution in [3.05, 3.63) is 0 Å². The van der Waals surface area contributed by atoms with Gasteiger partial charge in [-0.2, -0.15) is 4.31 Å². The van der Waals surface area contributed by atoms with E-state index in [9.17, 15) is 8.42 Å². The summed E-state index contributed by atoms with van der Waals surface area (Å²) in [5, 5.41) is -0.251. The molecule has 5 nitrogen and oxygen atoms in total. The van der Waals surface area contributed by atoms with Crippen molar-refractivity contribution in [2.24, 2.45) is 5.73 Å². The van der Waals surface area contributed by atoms with Crippen molar-refractivity contribution < 1.29 is 13.2 Å². The van der Waals surface area contributed by atoms with Gasteiger partial charge in [0, 0.05) is 31.8 Å². The number of rotatable bonds is 5. The van der Waals surface area contributed by atoms with Crippen LogP contribution >= 0.6 is 0 Å². The molecule has 0 aromatic carbocycles. The van der Waals surface area contributed by atoms with E-state index in [2.05, 4.69) is 0 Å². The Balaban J connectivity index is 2.09. The molecule has 2 aliphatic rings. The third-order valence-corrected chi connectivity index (χ3v) is 6.96. The fraction of sp³-hybridized carbons (Fsp3) is 1.00. The molecule has 2 rings (SSSR count). The number of hydrogen-bond donors (Lipinski definition) is 1. The average molecular weight is 304 g/mol. The zero-order chi connectivity index (χ0) is 14.6. The molecule has 2 N–H and O–H groups in total. The van der Waals surface area contributed by atoms with Crippen LogP contribution in [0.15, 0.2) is 0 Å². The van der Waals surface area contributed by atoms with Crippen LogP contribution in [0.2, 0.25) is 0 Å². The van der Waals surface area contributed by atoms with Gasteiger partial charge in [0.15, 0.2) is 0 Å². The Kier molecular flexibility index (Phi) is 5.84. The van der Waals surface area contributed by atoms with Gasteiger partial charge in [0.25, 0.3) is 0 Å². The highest BCUT2D eigenvalue weighted by atomic mass is 32.2. The van der Waals surface area contributed by atoms with Gasteiger partial charge in [-0.3, -0.25) is 0 Å². The lowest BCUT2D eigenvalue weighted by atomic mass is 9.92. The molecule has 1 saturated heterocycles. The lowest BCUT2D eigenvalue weighted by molar-refractivity contribution is 0.0963.